The smallest absolute Gasteiger partial charge is 0.320 e. The van der Waals surface area contributed by atoms with Crippen LogP contribution in [0, 0.1) is 0 Å². The molecule has 0 atom stereocenters. The Morgan fingerprint density at radius 2 is 2.06 bits per heavy atom. The summed E-state index contributed by atoms with van der Waals surface area (Å²) in [4.78, 5) is 14.5. The lowest BCUT2D eigenvalue weighted by molar-refractivity contribution is -0.152. The standard InChI is InChI=1S/C11H19N5O2/c1-4-18-10(17)11(5-7-15(2)8-6-11)9-12-13-14-16(9)3/h4-8H2,1-3H3. The number of hydrogen-bond donors (Lipinski definition) is 0. The van der Waals surface area contributed by atoms with Gasteiger partial charge in [0, 0.05) is 7.05 Å². The van der Waals surface area contributed by atoms with Gasteiger partial charge in [-0.1, -0.05) is 0 Å². The van der Waals surface area contributed by atoms with Gasteiger partial charge in [0.2, 0.25) is 0 Å². The average Bonchev–Trinajstić information content (AvgIpc) is 2.78. The van der Waals surface area contributed by atoms with Gasteiger partial charge in [0.15, 0.2) is 5.82 Å². The Kier molecular flexibility index (Phi) is 3.60. The molecular formula is C11H19N5O2. The number of likely N-dealkylation sites (tertiary alicyclic amines) is 1. The van der Waals surface area contributed by atoms with Crippen molar-refractivity contribution >= 4 is 5.97 Å². The molecule has 0 radical (unpaired) electrons. The summed E-state index contributed by atoms with van der Waals surface area (Å²) in [6, 6.07) is 0. The van der Waals surface area contributed by atoms with Crippen LogP contribution in [0.5, 0.6) is 0 Å². The highest BCUT2D eigenvalue weighted by Crippen LogP contribution is 2.34. The number of tetrazole rings is 1. The number of carbonyl (C=O) groups is 1. The molecule has 0 spiro atoms. The molecule has 1 aliphatic heterocycles. The number of hydrogen-bond acceptors (Lipinski definition) is 6. The highest BCUT2D eigenvalue weighted by Gasteiger charge is 2.47. The Balaban J connectivity index is 2.34. The Morgan fingerprint density at radius 3 is 2.56 bits per heavy atom. The third-order valence-corrected chi connectivity index (χ3v) is 3.55. The normalized spacial score (nSPS) is 19.7. The molecule has 100 valence electrons. The van der Waals surface area contributed by atoms with Crippen LogP contribution in [0.1, 0.15) is 25.6 Å². The molecule has 0 unspecified atom stereocenters. The molecule has 7 heteroatoms. The van der Waals surface area contributed by atoms with Crippen molar-refractivity contribution in [1.82, 2.24) is 25.1 Å². The number of nitrogens with zero attached hydrogens (tertiary/aromatic N) is 5. The van der Waals surface area contributed by atoms with Crippen LogP contribution < -0.4 is 0 Å². The van der Waals surface area contributed by atoms with Gasteiger partial charge in [-0.25, -0.2) is 4.68 Å². The van der Waals surface area contributed by atoms with Crippen LogP contribution in [-0.4, -0.2) is 57.8 Å². The van der Waals surface area contributed by atoms with Crippen molar-refractivity contribution in [2.75, 3.05) is 26.7 Å². The molecule has 0 saturated carbocycles. The van der Waals surface area contributed by atoms with Crippen LogP contribution in [-0.2, 0) is 22.0 Å². The van der Waals surface area contributed by atoms with E-state index in [1.807, 2.05) is 14.0 Å². The third kappa shape index (κ3) is 2.10. The summed E-state index contributed by atoms with van der Waals surface area (Å²) in [7, 11) is 3.80. The zero-order valence-corrected chi connectivity index (χ0v) is 11.1. The Bertz CT molecular complexity index is 423. The largest absolute Gasteiger partial charge is 0.465 e. The van der Waals surface area contributed by atoms with Gasteiger partial charge in [0.25, 0.3) is 0 Å². The third-order valence-electron chi connectivity index (χ3n) is 3.55. The van der Waals surface area contributed by atoms with Gasteiger partial charge < -0.3 is 9.64 Å². The summed E-state index contributed by atoms with van der Waals surface area (Å²) in [5.41, 5.74) is -0.694. The Morgan fingerprint density at radius 1 is 1.39 bits per heavy atom. The van der Waals surface area contributed by atoms with E-state index in [0.717, 1.165) is 13.1 Å². The van der Waals surface area contributed by atoms with Gasteiger partial charge >= 0.3 is 5.97 Å². The van der Waals surface area contributed by atoms with Crippen LogP contribution in [0.15, 0.2) is 0 Å². The maximum Gasteiger partial charge on any atom is 0.320 e. The molecule has 0 aromatic carbocycles. The van der Waals surface area contributed by atoms with E-state index in [2.05, 4.69) is 20.4 Å². The van der Waals surface area contributed by atoms with Gasteiger partial charge in [-0.3, -0.25) is 4.79 Å². The van der Waals surface area contributed by atoms with Crippen molar-refractivity contribution in [2.45, 2.75) is 25.2 Å². The predicted molar refractivity (Wildman–Crippen MR) is 63.8 cm³/mol. The van der Waals surface area contributed by atoms with Gasteiger partial charge in [-0.05, 0) is 50.3 Å². The topological polar surface area (TPSA) is 73.1 Å². The van der Waals surface area contributed by atoms with Crippen molar-refractivity contribution in [2.24, 2.45) is 7.05 Å². The lowest BCUT2D eigenvalue weighted by atomic mass is 9.77. The van der Waals surface area contributed by atoms with E-state index < -0.39 is 5.41 Å². The van der Waals surface area contributed by atoms with E-state index in [1.54, 1.807) is 11.7 Å². The van der Waals surface area contributed by atoms with Crippen LogP contribution in [0.2, 0.25) is 0 Å². The van der Waals surface area contributed by atoms with Crippen LogP contribution >= 0.6 is 0 Å². The molecule has 0 bridgehead atoms. The summed E-state index contributed by atoms with van der Waals surface area (Å²) >= 11 is 0. The zero-order chi connectivity index (χ0) is 13.2. The molecule has 0 N–H and O–H groups in total. The number of aromatic nitrogens is 4. The molecule has 1 saturated heterocycles. The molecule has 7 nitrogen and oxygen atoms in total. The van der Waals surface area contributed by atoms with E-state index in [-0.39, 0.29) is 5.97 Å². The minimum Gasteiger partial charge on any atom is -0.465 e. The summed E-state index contributed by atoms with van der Waals surface area (Å²) in [6.07, 6.45) is 1.38. The van der Waals surface area contributed by atoms with E-state index in [0.29, 0.717) is 25.3 Å². The molecule has 0 amide bonds. The van der Waals surface area contributed by atoms with Crippen molar-refractivity contribution in [1.29, 1.82) is 0 Å². The van der Waals surface area contributed by atoms with E-state index in [4.69, 9.17) is 4.74 Å². The molecule has 18 heavy (non-hydrogen) atoms. The molecule has 2 rings (SSSR count). The summed E-state index contributed by atoms with van der Waals surface area (Å²) in [5, 5.41) is 11.5. The zero-order valence-electron chi connectivity index (χ0n) is 11.1. The summed E-state index contributed by atoms with van der Waals surface area (Å²) in [5.74, 6) is 0.394. The fourth-order valence-electron chi connectivity index (χ4n) is 2.42. The first-order valence-electron chi connectivity index (χ1n) is 6.19. The van der Waals surface area contributed by atoms with Gasteiger partial charge in [0.1, 0.15) is 5.41 Å². The van der Waals surface area contributed by atoms with Gasteiger partial charge in [0.05, 0.1) is 6.61 Å². The fourth-order valence-corrected chi connectivity index (χ4v) is 2.42. The Labute approximate surface area is 106 Å². The van der Waals surface area contributed by atoms with Crippen LogP contribution in [0.3, 0.4) is 0 Å². The average molecular weight is 253 g/mol. The number of piperidine rings is 1. The second kappa shape index (κ2) is 5.01. The van der Waals surface area contributed by atoms with E-state index >= 15 is 0 Å². The fraction of sp³-hybridized carbons (Fsp3) is 0.818. The molecule has 2 heterocycles. The lowest BCUT2D eigenvalue weighted by Gasteiger charge is -2.37. The maximum absolute atomic E-state index is 12.3. The molecular weight excluding hydrogens is 234 g/mol. The van der Waals surface area contributed by atoms with E-state index in [1.165, 1.54) is 0 Å². The number of carbonyl (C=O) groups excluding carboxylic acids is 1. The van der Waals surface area contributed by atoms with Crippen LogP contribution in [0.25, 0.3) is 0 Å². The molecule has 1 aromatic heterocycles. The van der Waals surface area contributed by atoms with Crippen molar-refractivity contribution in [3.63, 3.8) is 0 Å². The van der Waals surface area contributed by atoms with Gasteiger partial charge in [-0.2, -0.15) is 0 Å². The minimum atomic E-state index is -0.694. The number of rotatable bonds is 3. The van der Waals surface area contributed by atoms with E-state index in [9.17, 15) is 4.79 Å². The van der Waals surface area contributed by atoms with Crippen molar-refractivity contribution in [3.05, 3.63) is 5.82 Å². The lowest BCUT2D eigenvalue weighted by Crippen LogP contribution is -2.48. The molecule has 1 fully saturated rings. The second-order valence-corrected chi connectivity index (χ2v) is 4.73. The quantitative estimate of drug-likeness (QED) is 0.691. The molecule has 1 aliphatic rings. The number of aryl methyl sites for hydroxylation is 1. The highest BCUT2D eigenvalue weighted by atomic mass is 16.5. The van der Waals surface area contributed by atoms with Crippen LogP contribution in [0.4, 0.5) is 0 Å². The van der Waals surface area contributed by atoms with Gasteiger partial charge in [-0.15, -0.1) is 5.10 Å². The van der Waals surface area contributed by atoms with Crippen molar-refractivity contribution < 1.29 is 9.53 Å². The Hall–Kier alpha value is -1.50. The highest BCUT2D eigenvalue weighted by molar-refractivity contribution is 5.82. The first-order chi connectivity index (χ1) is 8.60. The number of esters is 1. The first kappa shape index (κ1) is 12.9. The first-order valence-corrected chi connectivity index (χ1v) is 6.19. The summed E-state index contributed by atoms with van der Waals surface area (Å²) in [6.45, 7) is 3.87. The molecule has 1 aromatic rings. The number of ether oxygens (including phenoxy) is 1. The van der Waals surface area contributed by atoms with Crippen molar-refractivity contribution in [3.8, 4) is 0 Å². The molecule has 0 aliphatic carbocycles. The SMILES string of the molecule is CCOC(=O)C1(c2nnnn2C)CCN(C)CC1. The predicted octanol–water partition coefficient (Wildman–Crippen LogP) is -0.263. The maximum atomic E-state index is 12.3. The minimum absolute atomic E-state index is 0.212. The monoisotopic (exact) mass is 253 g/mol. The second-order valence-electron chi connectivity index (χ2n) is 4.73. The summed E-state index contributed by atoms with van der Waals surface area (Å²) < 4.78 is 6.80.